The highest BCUT2D eigenvalue weighted by Gasteiger charge is 2.09. The lowest BCUT2D eigenvalue weighted by atomic mass is 10.1. The number of aryl methyl sites for hydroxylation is 2. The molecule has 0 bridgehead atoms. The van der Waals surface area contributed by atoms with Gasteiger partial charge in [-0.3, -0.25) is 0 Å². The summed E-state index contributed by atoms with van der Waals surface area (Å²) in [7, 11) is -2.25. The van der Waals surface area contributed by atoms with Crippen LogP contribution in [0.1, 0.15) is 11.1 Å². The summed E-state index contributed by atoms with van der Waals surface area (Å²) in [6, 6.07) is 21.6. The summed E-state index contributed by atoms with van der Waals surface area (Å²) >= 11 is 3.45. The smallest absolute Gasteiger partial charge is 0.141 e. The van der Waals surface area contributed by atoms with Crippen LogP contribution in [0, 0.1) is 13.8 Å². The van der Waals surface area contributed by atoms with Crippen LogP contribution in [0.5, 0.6) is 11.5 Å². The van der Waals surface area contributed by atoms with Crippen LogP contribution in [0.15, 0.2) is 94.3 Å². The summed E-state index contributed by atoms with van der Waals surface area (Å²) in [5, 5.41) is 27.4. The fraction of sp³-hybridized carbons (Fsp3) is 0.125. The Kier molecular flexibility index (Phi) is 8.93. The van der Waals surface area contributed by atoms with Crippen LogP contribution >= 0.6 is 15.9 Å². The lowest BCUT2D eigenvalue weighted by Gasteiger charge is -2.11. The lowest BCUT2D eigenvalue weighted by molar-refractivity contribution is 0.475. The van der Waals surface area contributed by atoms with Crippen LogP contribution in [0.4, 0.5) is 28.7 Å². The van der Waals surface area contributed by atoms with Gasteiger partial charge in [0.2, 0.25) is 0 Å². The van der Waals surface area contributed by atoms with Gasteiger partial charge in [-0.1, -0.05) is 28.1 Å². The molecule has 6 rings (SSSR count). The van der Waals surface area contributed by atoms with Crippen molar-refractivity contribution in [1.82, 2.24) is 19.9 Å². The van der Waals surface area contributed by atoms with Crippen molar-refractivity contribution in [3.63, 3.8) is 0 Å². The van der Waals surface area contributed by atoms with Gasteiger partial charge in [0.05, 0.1) is 16.7 Å². The number of hydrogen-bond donors (Lipinski definition) is 4. The van der Waals surface area contributed by atoms with E-state index in [-0.39, 0.29) is 11.5 Å². The number of hydrogen-bond acceptors (Lipinski definition) is 10. The third-order valence-corrected chi connectivity index (χ3v) is 7.63. The van der Waals surface area contributed by atoms with Crippen molar-refractivity contribution in [3.8, 4) is 11.5 Å². The highest BCUT2D eigenvalue weighted by Crippen LogP contribution is 2.31. The first-order valence-electron chi connectivity index (χ1n) is 13.4. The normalized spacial score (nSPS) is 11.1. The van der Waals surface area contributed by atoms with Gasteiger partial charge in [0.25, 0.3) is 0 Å². The molecular weight excluding hydrogens is 642 g/mol. The molecule has 2 aromatic heterocycles. The number of phenols is 2. The van der Waals surface area contributed by atoms with E-state index in [1.807, 2.05) is 56.3 Å². The van der Waals surface area contributed by atoms with Gasteiger partial charge in [0.15, 0.2) is 0 Å². The van der Waals surface area contributed by atoms with Crippen LogP contribution < -0.4 is 10.6 Å². The van der Waals surface area contributed by atoms with E-state index in [1.54, 1.807) is 42.8 Å². The summed E-state index contributed by atoms with van der Waals surface area (Å²) < 4.78 is 17.1. The third kappa shape index (κ3) is 7.57. The number of nitrogens with one attached hydrogen (secondary N) is 2. The fourth-order valence-electron chi connectivity index (χ4n) is 4.33. The monoisotopic (exact) mass is 671 g/mol. The van der Waals surface area contributed by atoms with Crippen molar-refractivity contribution in [2.45, 2.75) is 13.8 Å². The minimum atomic E-state index is -2.25. The Morgan fingerprint density at radius 3 is 1.70 bits per heavy atom. The molecule has 6 aromatic rings. The largest absolute Gasteiger partial charge is 0.508 e. The molecule has 0 spiro atoms. The highest BCUT2D eigenvalue weighted by molar-refractivity contribution is 9.10. The second-order valence-electron chi connectivity index (χ2n) is 10.3. The molecule has 0 unspecified atom stereocenters. The summed E-state index contributed by atoms with van der Waals surface area (Å²) in [5.74, 6) is 1.71. The van der Waals surface area contributed by atoms with Crippen molar-refractivity contribution in [2.24, 2.45) is 4.36 Å². The molecule has 224 valence electrons. The van der Waals surface area contributed by atoms with E-state index in [1.165, 1.54) is 12.7 Å². The summed E-state index contributed by atoms with van der Waals surface area (Å²) in [4.78, 5) is 17.1. The van der Waals surface area contributed by atoms with E-state index in [9.17, 15) is 14.4 Å². The molecule has 0 aliphatic heterocycles. The van der Waals surface area contributed by atoms with Gasteiger partial charge >= 0.3 is 0 Å². The quantitative estimate of drug-likeness (QED) is 0.144. The zero-order valence-electron chi connectivity index (χ0n) is 24.4. The maximum Gasteiger partial charge on any atom is 0.141 e. The number of phenolic OH excluding ortho intramolecular Hbond substituents is 2. The van der Waals surface area contributed by atoms with Gasteiger partial charge in [-0.25, -0.2) is 24.1 Å². The first-order valence-corrected chi connectivity index (χ1v) is 16.5. The number of anilines is 4. The van der Waals surface area contributed by atoms with E-state index < -0.39 is 9.73 Å². The Balaban J connectivity index is 0.000000177. The number of fused-ring (bicyclic) bond motifs is 2. The van der Waals surface area contributed by atoms with Crippen LogP contribution in [-0.2, 0) is 9.73 Å². The van der Waals surface area contributed by atoms with E-state index in [0.29, 0.717) is 17.3 Å². The Bertz CT molecular complexity index is 2120. The van der Waals surface area contributed by atoms with Gasteiger partial charge in [-0.2, -0.15) is 4.36 Å². The molecule has 0 atom stereocenters. The summed E-state index contributed by atoms with van der Waals surface area (Å²) in [5.41, 5.74) is 5.82. The van der Waals surface area contributed by atoms with Crippen LogP contribution in [0.25, 0.3) is 21.8 Å². The van der Waals surface area contributed by atoms with Crippen LogP contribution in [0.2, 0.25) is 0 Å². The minimum Gasteiger partial charge on any atom is -0.508 e. The minimum absolute atomic E-state index is 0.175. The van der Waals surface area contributed by atoms with Crippen LogP contribution in [-0.4, -0.2) is 46.9 Å². The summed E-state index contributed by atoms with van der Waals surface area (Å²) in [6.45, 7) is 3.91. The number of aromatic nitrogens is 4. The van der Waals surface area contributed by atoms with Gasteiger partial charge in [-0.15, -0.1) is 0 Å². The predicted octanol–water partition coefficient (Wildman–Crippen LogP) is 7.90. The van der Waals surface area contributed by atoms with Gasteiger partial charge < -0.3 is 20.8 Å². The first kappa shape index (κ1) is 30.6. The molecule has 4 N–H and O–H groups in total. The van der Waals surface area contributed by atoms with E-state index in [2.05, 4.69) is 50.9 Å². The maximum atomic E-state index is 11.9. The van der Waals surface area contributed by atoms with Gasteiger partial charge in [0.1, 0.15) is 35.8 Å². The Morgan fingerprint density at radius 1 is 0.682 bits per heavy atom. The molecule has 0 saturated heterocycles. The number of benzene rings is 4. The summed E-state index contributed by atoms with van der Waals surface area (Å²) in [6.07, 6.45) is 6.18. The topological polar surface area (TPSA) is 146 Å². The van der Waals surface area contributed by atoms with Crippen molar-refractivity contribution >= 4 is 76.2 Å². The fourth-order valence-corrected chi connectivity index (χ4v) is 5.31. The van der Waals surface area contributed by atoms with Gasteiger partial charge in [0, 0.05) is 61.0 Å². The van der Waals surface area contributed by atoms with Crippen molar-refractivity contribution < 1.29 is 14.4 Å². The van der Waals surface area contributed by atoms with E-state index in [4.69, 9.17) is 0 Å². The van der Waals surface area contributed by atoms with Crippen molar-refractivity contribution in [3.05, 3.63) is 101 Å². The zero-order chi connectivity index (χ0) is 31.4. The molecule has 0 aliphatic carbocycles. The SMILES string of the molecule is Cc1ccc(O)cc1Nc1ncnc2ccc(Br)cc12.Cc1ccc(O)cc1Nc1ncnc2ccc(N=S(C)(C)=O)cc12. The van der Waals surface area contributed by atoms with E-state index in [0.717, 1.165) is 48.8 Å². The molecule has 0 aliphatic rings. The number of aromatic hydroxyl groups is 2. The zero-order valence-corrected chi connectivity index (χ0v) is 26.8. The molecule has 4 aromatic carbocycles. The van der Waals surface area contributed by atoms with Crippen molar-refractivity contribution in [2.75, 3.05) is 23.1 Å². The van der Waals surface area contributed by atoms with Crippen LogP contribution in [0.3, 0.4) is 0 Å². The standard InChI is InChI=1S/C17H18N4O2S.C15H12BrN3O/c1-11-4-6-13(22)9-16(11)20-17-14-8-12(21-24(2,3)23)5-7-15(14)18-10-19-17;1-9-2-4-11(20)7-14(9)19-15-12-6-10(16)3-5-13(12)17-8-18-15/h4-10,22H,1-3H3,(H,18,19,20);2-8,20H,1H3,(H,17,18,19). The highest BCUT2D eigenvalue weighted by atomic mass is 79.9. The molecular formula is C32H30BrN7O3S. The molecule has 12 heteroatoms. The molecule has 44 heavy (non-hydrogen) atoms. The second-order valence-corrected chi connectivity index (χ2v) is 13.8. The number of nitrogens with zero attached hydrogens (tertiary/aromatic N) is 5. The van der Waals surface area contributed by atoms with Crippen molar-refractivity contribution in [1.29, 1.82) is 0 Å². The lowest BCUT2D eigenvalue weighted by Crippen LogP contribution is -1.97. The molecule has 2 heterocycles. The number of halogens is 1. The van der Waals surface area contributed by atoms with Gasteiger partial charge in [-0.05, 0) is 73.5 Å². The second kappa shape index (κ2) is 12.8. The van der Waals surface area contributed by atoms with E-state index >= 15 is 0 Å². The number of rotatable bonds is 5. The Morgan fingerprint density at radius 2 is 1.18 bits per heavy atom. The molecule has 0 radical (unpaired) electrons. The Hall–Kier alpha value is -4.81. The Labute approximate surface area is 263 Å². The molecule has 0 fully saturated rings. The predicted molar refractivity (Wildman–Crippen MR) is 181 cm³/mol. The third-order valence-electron chi connectivity index (χ3n) is 6.49. The first-order chi connectivity index (χ1) is 20.9. The molecule has 0 amide bonds. The average molecular weight is 673 g/mol. The maximum absolute atomic E-state index is 11.9. The average Bonchev–Trinajstić information content (AvgIpc) is 2.97. The molecule has 10 nitrogen and oxygen atoms in total. The molecule has 0 saturated carbocycles.